The van der Waals surface area contributed by atoms with Crippen LogP contribution in [0, 0.1) is 17.8 Å². The molecule has 1 fully saturated rings. The summed E-state index contributed by atoms with van der Waals surface area (Å²) in [6, 6.07) is 11.6. The number of halogens is 1. The summed E-state index contributed by atoms with van der Waals surface area (Å²) in [6.45, 7) is 7.14. The van der Waals surface area contributed by atoms with Gasteiger partial charge in [-0.3, -0.25) is 14.3 Å². The summed E-state index contributed by atoms with van der Waals surface area (Å²) in [4.78, 5) is 28.4. The number of rotatable bonds is 2. The van der Waals surface area contributed by atoms with Crippen LogP contribution in [-0.4, -0.2) is 57.4 Å². The van der Waals surface area contributed by atoms with Crippen molar-refractivity contribution in [2.45, 2.75) is 82.0 Å². The molecular weight excluding hydrogens is 608 g/mol. The van der Waals surface area contributed by atoms with Crippen molar-refractivity contribution >= 4 is 44.6 Å². The van der Waals surface area contributed by atoms with E-state index in [4.69, 9.17) is 16.3 Å². The van der Waals surface area contributed by atoms with E-state index in [2.05, 4.69) is 27.6 Å². The highest BCUT2D eigenvalue weighted by Crippen LogP contribution is 2.49. The van der Waals surface area contributed by atoms with Crippen LogP contribution >= 0.6 is 11.6 Å². The molecule has 7 nitrogen and oxygen atoms in total. The fourth-order valence-electron chi connectivity index (χ4n) is 8.06. The summed E-state index contributed by atoms with van der Waals surface area (Å²) in [7, 11) is -3.00. The van der Waals surface area contributed by atoms with E-state index in [1.54, 1.807) is 6.07 Å². The van der Waals surface area contributed by atoms with E-state index < -0.39 is 26.5 Å². The number of carbonyl (C=O) groups is 2. The quantitative estimate of drug-likeness (QED) is 0.310. The zero-order chi connectivity index (χ0) is 32.1. The Kier molecular flexibility index (Phi) is 8.63. The van der Waals surface area contributed by atoms with Crippen molar-refractivity contribution in [3.63, 3.8) is 0 Å². The molecule has 2 bridgehead atoms. The lowest BCUT2D eigenvalue weighted by atomic mass is 9.62. The van der Waals surface area contributed by atoms with Crippen LogP contribution in [0.25, 0.3) is 0 Å². The number of aryl methyl sites for hydroxylation is 1. The van der Waals surface area contributed by atoms with E-state index in [0.717, 1.165) is 42.8 Å². The number of ketones is 1. The molecule has 4 aliphatic rings. The first-order valence-corrected chi connectivity index (χ1v) is 18.4. The highest BCUT2D eigenvalue weighted by atomic mass is 35.5. The van der Waals surface area contributed by atoms with Gasteiger partial charge in [-0.2, -0.15) is 0 Å². The lowest BCUT2D eigenvalue weighted by Crippen LogP contribution is -2.53. The van der Waals surface area contributed by atoms with Crippen molar-refractivity contribution in [3.05, 3.63) is 70.3 Å². The molecule has 2 aromatic carbocycles. The Hall–Kier alpha value is -2.81. The number of benzene rings is 2. The van der Waals surface area contributed by atoms with Crippen LogP contribution < -0.4 is 14.4 Å². The summed E-state index contributed by atoms with van der Waals surface area (Å²) < 4.78 is 23.1. The molecule has 1 spiro atoms. The van der Waals surface area contributed by atoms with Crippen LogP contribution in [0.4, 0.5) is 5.69 Å². The standard InChI is InChI=1S/C36H45ClN2O5S/c1-23-7-5-16-36(42,19-24(2)40)31-12-9-28(31)20-39-21-35(15-6-8-26-17-29(37)11-13-30(26)35)22-44-33-14-10-27(18-32(33)39)34(41)38-45(4,43)25(23)3/h5,10-11,13-14,16-18,23,25,28,31,42H,4,6-9,12,15,19-22H2,1-3H3,(H,38,41,43)/b16-5+/t23-,25+,28-,31+,35-,36+,45?/m0/s1. The maximum absolute atomic E-state index is 13.7. The highest BCUT2D eigenvalue weighted by molar-refractivity contribution is 7.99. The van der Waals surface area contributed by atoms with E-state index in [0.29, 0.717) is 37.4 Å². The number of hydrogen-bond acceptors (Lipinski definition) is 6. The molecule has 2 aliphatic carbocycles. The van der Waals surface area contributed by atoms with Gasteiger partial charge in [0.15, 0.2) is 0 Å². The van der Waals surface area contributed by atoms with Crippen molar-refractivity contribution < 1.29 is 23.6 Å². The topological polar surface area (TPSA) is 95.9 Å². The van der Waals surface area contributed by atoms with Crippen molar-refractivity contribution in [2.24, 2.45) is 17.8 Å². The maximum atomic E-state index is 13.7. The summed E-state index contributed by atoms with van der Waals surface area (Å²) in [5.41, 5.74) is 2.14. The molecule has 7 atom stereocenters. The number of anilines is 1. The fourth-order valence-corrected chi connectivity index (χ4v) is 9.73. The summed E-state index contributed by atoms with van der Waals surface area (Å²) >= 11 is 6.42. The molecule has 1 unspecified atom stereocenters. The number of ether oxygens (including phenoxy) is 1. The van der Waals surface area contributed by atoms with Crippen LogP contribution in [0.2, 0.25) is 5.02 Å². The van der Waals surface area contributed by atoms with Gasteiger partial charge in [0, 0.05) is 40.8 Å². The number of fused-ring (bicyclic) bond motifs is 4. The molecular formula is C36H45ClN2O5S. The van der Waals surface area contributed by atoms with Crippen molar-refractivity contribution in [1.29, 1.82) is 0 Å². The normalized spacial score (nSPS) is 35.6. The highest BCUT2D eigenvalue weighted by Gasteiger charge is 2.48. The largest absolute Gasteiger partial charge is 0.490 e. The minimum absolute atomic E-state index is 0.0540. The van der Waals surface area contributed by atoms with Gasteiger partial charge in [-0.05, 0) is 117 Å². The minimum atomic E-state index is -3.00. The van der Waals surface area contributed by atoms with Gasteiger partial charge in [0.1, 0.15) is 11.5 Å². The van der Waals surface area contributed by atoms with Gasteiger partial charge in [0.25, 0.3) is 5.91 Å². The molecule has 1 amide bonds. The molecule has 242 valence electrons. The Labute approximate surface area is 272 Å². The number of nitrogens with zero attached hydrogens (tertiary/aromatic N) is 1. The average Bonchev–Trinajstić information content (AvgIpc) is 3.10. The number of Topliss-reactive ketones (excluding diaryl/α,β-unsaturated/α-hetero) is 1. The molecule has 2 heterocycles. The van der Waals surface area contributed by atoms with E-state index >= 15 is 0 Å². The minimum Gasteiger partial charge on any atom is -0.490 e. The first-order chi connectivity index (χ1) is 21.3. The average molecular weight is 653 g/mol. The van der Waals surface area contributed by atoms with Crippen LogP contribution in [0.15, 0.2) is 48.6 Å². The third-order valence-electron chi connectivity index (χ3n) is 10.9. The molecule has 0 radical (unpaired) electrons. The molecule has 0 aromatic heterocycles. The molecule has 2 N–H and O–H groups in total. The first-order valence-electron chi connectivity index (χ1n) is 16.2. The first kappa shape index (κ1) is 32.1. The second-order valence-corrected chi connectivity index (χ2v) is 16.9. The number of nitrogens with one attached hydrogen (secondary N) is 1. The monoisotopic (exact) mass is 652 g/mol. The molecule has 0 saturated heterocycles. The lowest BCUT2D eigenvalue weighted by Gasteiger charge is -2.49. The van der Waals surface area contributed by atoms with E-state index in [9.17, 15) is 18.9 Å². The third-order valence-corrected chi connectivity index (χ3v) is 13.4. The number of aliphatic hydroxyl groups is 1. The molecule has 45 heavy (non-hydrogen) atoms. The second kappa shape index (κ2) is 12.1. The van der Waals surface area contributed by atoms with Gasteiger partial charge in [-0.1, -0.05) is 36.7 Å². The van der Waals surface area contributed by atoms with Crippen LogP contribution in [-0.2, 0) is 26.3 Å². The molecule has 6 rings (SSSR count). The van der Waals surface area contributed by atoms with E-state index in [1.807, 2.05) is 44.2 Å². The number of amides is 1. The Morgan fingerprint density at radius 2 is 2.02 bits per heavy atom. The Balaban J connectivity index is 1.46. The van der Waals surface area contributed by atoms with Gasteiger partial charge in [-0.25, -0.2) is 4.21 Å². The Morgan fingerprint density at radius 3 is 2.76 bits per heavy atom. The summed E-state index contributed by atoms with van der Waals surface area (Å²) in [6.07, 6.45) is 9.00. The predicted molar refractivity (Wildman–Crippen MR) is 182 cm³/mol. The number of carbonyl (C=O) groups excluding carboxylic acids is 2. The zero-order valence-electron chi connectivity index (χ0n) is 26.5. The van der Waals surface area contributed by atoms with Gasteiger partial charge in [-0.15, -0.1) is 0 Å². The third kappa shape index (κ3) is 6.18. The van der Waals surface area contributed by atoms with Gasteiger partial charge in [0.05, 0.1) is 27.6 Å². The van der Waals surface area contributed by atoms with Gasteiger partial charge >= 0.3 is 0 Å². The summed E-state index contributed by atoms with van der Waals surface area (Å²) in [5, 5.41) is 12.4. The van der Waals surface area contributed by atoms with Crippen molar-refractivity contribution in [3.8, 4) is 5.75 Å². The lowest BCUT2D eigenvalue weighted by molar-refractivity contribution is -0.125. The number of hydrogen-bond donors (Lipinski definition) is 2. The van der Waals surface area contributed by atoms with E-state index in [-0.39, 0.29) is 35.4 Å². The molecule has 9 heteroatoms. The van der Waals surface area contributed by atoms with Crippen molar-refractivity contribution in [2.75, 3.05) is 24.6 Å². The SMILES string of the molecule is C=S1(=O)NC(=O)c2ccc3c(c2)N(C[C@@H]2CC[C@H]2[C@](O)(CC(C)=O)/C=C/C[C@H](C)[C@H]1C)C[C@@]1(CCCc2cc(Cl)ccc21)CO3. The Morgan fingerprint density at radius 1 is 1.22 bits per heavy atom. The molecule has 2 aromatic rings. The van der Waals surface area contributed by atoms with Crippen molar-refractivity contribution in [1.82, 2.24) is 4.72 Å². The smallest absolute Gasteiger partial charge is 0.262 e. The predicted octanol–water partition coefficient (Wildman–Crippen LogP) is 5.90. The van der Waals surface area contributed by atoms with Crippen LogP contribution in [0.5, 0.6) is 5.75 Å². The van der Waals surface area contributed by atoms with Crippen LogP contribution in [0.3, 0.4) is 0 Å². The second-order valence-electron chi connectivity index (χ2n) is 14.1. The molecule has 2 aliphatic heterocycles. The maximum Gasteiger partial charge on any atom is 0.262 e. The van der Waals surface area contributed by atoms with Gasteiger partial charge in [0.2, 0.25) is 0 Å². The Bertz CT molecular complexity index is 1640. The summed E-state index contributed by atoms with van der Waals surface area (Å²) in [5.74, 6) is 4.12. The zero-order valence-corrected chi connectivity index (χ0v) is 28.1. The fraction of sp³-hybridized carbons (Fsp3) is 0.528. The van der Waals surface area contributed by atoms with Crippen LogP contribution in [0.1, 0.15) is 80.8 Å². The van der Waals surface area contributed by atoms with Gasteiger partial charge < -0.3 is 14.7 Å². The van der Waals surface area contributed by atoms with E-state index in [1.165, 1.54) is 18.1 Å². The number of allylic oxidation sites excluding steroid dienone is 1. The molecule has 1 saturated carbocycles.